The maximum atomic E-state index is 8.64. The van der Waals surface area contributed by atoms with Crippen molar-refractivity contribution >= 4 is 36.6 Å². The molecule has 0 bridgehead atoms. The number of hydrogen-bond acceptors (Lipinski definition) is 15. The van der Waals surface area contributed by atoms with Crippen molar-refractivity contribution in [2.24, 2.45) is 0 Å². The van der Waals surface area contributed by atoms with Gasteiger partial charge in [-0.25, -0.2) is 0 Å². The molecule has 0 aromatic carbocycles. The van der Waals surface area contributed by atoms with E-state index in [0.717, 1.165) is 0 Å². The van der Waals surface area contributed by atoms with Crippen LogP contribution >= 0.6 is 0 Å². The summed E-state index contributed by atoms with van der Waals surface area (Å²) < 4.78 is 0. The van der Waals surface area contributed by atoms with Crippen LogP contribution in [0.3, 0.4) is 0 Å². The Morgan fingerprint density at radius 3 is 0.346 bits per heavy atom. The van der Waals surface area contributed by atoms with Crippen molar-refractivity contribution < 1.29 is 132 Å². The van der Waals surface area contributed by atoms with Gasteiger partial charge in [0.05, 0.1) is 0 Å². The molecule has 0 aliphatic heterocycles. The standard InChI is InChI=1S/4BH3O3.BH2O3.Na.5H2O/c5*2-1(3)4;;;;;;/h4*2-4H;2-3H;;5*1H2/q;;;;-1;+1;;;;;. The first-order valence-corrected chi connectivity index (χ1v) is 3.85. The summed E-state index contributed by atoms with van der Waals surface area (Å²) in [5.74, 6) is 0. The molecule has 0 atom stereocenters. The second kappa shape index (κ2) is 63.7. The second-order valence-corrected chi connectivity index (χ2v) is 1.71. The van der Waals surface area contributed by atoms with E-state index in [1.165, 1.54) is 0 Å². The van der Waals surface area contributed by atoms with Crippen LogP contribution < -0.4 is 34.6 Å². The normalized spacial score (nSPS) is 5.19. The monoisotopic (exact) mass is 422 g/mol. The van der Waals surface area contributed by atoms with Crippen LogP contribution in [0.25, 0.3) is 0 Å². The summed E-state index contributed by atoms with van der Waals surface area (Å²) in [5.41, 5.74) is 0. The van der Waals surface area contributed by atoms with Gasteiger partial charge in [-0.1, -0.05) is 0 Å². The van der Waals surface area contributed by atoms with Crippen LogP contribution in [-0.4, -0.2) is 134 Å². The summed E-state index contributed by atoms with van der Waals surface area (Å²) in [4.78, 5) is 0. The van der Waals surface area contributed by atoms with Gasteiger partial charge in [0.2, 0.25) is 0 Å². The molecule has 0 aliphatic rings. The fraction of sp³-hybridized carbons (Fsp3) is 0. The Kier molecular flexibility index (Phi) is 176. The smallest absolute Gasteiger partial charge is 0.832 e. The van der Waals surface area contributed by atoms with E-state index < -0.39 is 36.6 Å². The summed E-state index contributed by atoms with van der Waals surface area (Å²) in [6, 6.07) is 0. The zero-order valence-corrected chi connectivity index (χ0v) is 15.1. The molecule has 24 N–H and O–H groups in total. The third-order valence-electron chi connectivity index (χ3n) is 0. The Labute approximate surface area is 169 Å². The van der Waals surface area contributed by atoms with Gasteiger partial charge in [0.15, 0.2) is 0 Å². The van der Waals surface area contributed by atoms with E-state index in [1.54, 1.807) is 0 Å². The molecule has 0 heterocycles. The van der Waals surface area contributed by atoms with E-state index in [9.17, 15) is 0 Å². The Morgan fingerprint density at radius 1 is 0.346 bits per heavy atom. The van der Waals surface area contributed by atoms with Crippen molar-refractivity contribution in [3.8, 4) is 0 Å². The molecule has 0 spiro atoms. The van der Waals surface area contributed by atoms with Gasteiger partial charge in [0.1, 0.15) is 0 Å². The van der Waals surface area contributed by atoms with Crippen molar-refractivity contribution in [3.05, 3.63) is 0 Å². The van der Waals surface area contributed by atoms with Gasteiger partial charge in [0.25, 0.3) is 0 Å². The van der Waals surface area contributed by atoms with Gasteiger partial charge in [-0.3, -0.25) is 0 Å². The van der Waals surface area contributed by atoms with E-state index in [-0.39, 0.29) is 56.9 Å². The first-order chi connectivity index (χ1) is 8.66. The van der Waals surface area contributed by atoms with Crippen LogP contribution in [0, 0.1) is 0 Å². The van der Waals surface area contributed by atoms with E-state index in [1.807, 2.05) is 0 Å². The quantitative estimate of drug-likeness (QED) is 0.161. The zero-order chi connectivity index (χ0) is 17.9. The minimum atomic E-state index is -2.42. The SMILES string of the molecule is O.O.O.O.O.OB(O)O.OB(O)O.OB(O)O.OB(O)O.[Na+].[O-]B(O)O. The van der Waals surface area contributed by atoms with Crippen LogP contribution in [0.4, 0.5) is 0 Å². The van der Waals surface area contributed by atoms with Gasteiger partial charge in [-0.05, 0) is 0 Å². The molecule has 0 rings (SSSR count). The summed E-state index contributed by atoms with van der Waals surface area (Å²) in [6.07, 6.45) is 0. The second-order valence-electron chi connectivity index (χ2n) is 1.71. The molecular weight excluding hydrogens is 397 g/mol. The third-order valence-corrected chi connectivity index (χ3v) is 0. The van der Waals surface area contributed by atoms with Crippen LogP contribution in [0.5, 0.6) is 0 Å². The van der Waals surface area contributed by atoms with Crippen LogP contribution in [-0.2, 0) is 0 Å². The minimum absolute atomic E-state index is 0. The molecule has 160 valence electrons. The average molecular weight is 421 g/mol. The maximum absolute atomic E-state index is 8.64. The molecule has 0 aromatic heterocycles. The molecule has 20 nitrogen and oxygen atoms in total. The minimum Gasteiger partial charge on any atom is -0.832 e. The number of rotatable bonds is 0. The van der Waals surface area contributed by atoms with Crippen molar-refractivity contribution in [2.45, 2.75) is 0 Å². The van der Waals surface area contributed by atoms with Gasteiger partial charge < -0.3 is 103 Å². The molecule has 0 amide bonds. The van der Waals surface area contributed by atoms with Crippen LogP contribution in [0.15, 0.2) is 0 Å². The largest absolute Gasteiger partial charge is 1.00 e. The van der Waals surface area contributed by atoms with Crippen molar-refractivity contribution in [3.63, 3.8) is 0 Å². The number of hydrogen-bond donors (Lipinski definition) is 14. The molecule has 0 radical (unpaired) electrons. The van der Waals surface area contributed by atoms with E-state index >= 15 is 0 Å². The molecule has 0 fully saturated rings. The summed E-state index contributed by atoms with van der Waals surface area (Å²) >= 11 is 0. The Bertz CT molecular complexity index is 82.8. The summed E-state index contributed by atoms with van der Waals surface area (Å²) in [5, 5.41) is 109. The van der Waals surface area contributed by atoms with Gasteiger partial charge in [-0.2, -0.15) is 0 Å². The van der Waals surface area contributed by atoms with Crippen LogP contribution in [0.1, 0.15) is 0 Å². The molecule has 0 aliphatic carbocycles. The molecular formula is H24B5NaO20. The van der Waals surface area contributed by atoms with Gasteiger partial charge in [0, 0.05) is 0 Å². The predicted molar refractivity (Wildman–Crippen MR) is 77.9 cm³/mol. The maximum Gasteiger partial charge on any atom is 1.00 e. The Balaban J connectivity index is -0.0000000114. The van der Waals surface area contributed by atoms with E-state index in [2.05, 4.69) is 0 Å². The van der Waals surface area contributed by atoms with Crippen molar-refractivity contribution in [1.29, 1.82) is 0 Å². The van der Waals surface area contributed by atoms with Gasteiger partial charge >= 0.3 is 66.2 Å². The third kappa shape index (κ3) is 49300. The fourth-order valence-corrected chi connectivity index (χ4v) is 0. The van der Waals surface area contributed by atoms with Crippen molar-refractivity contribution in [1.82, 2.24) is 0 Å². The molecule has 0 saturated carbocycles. The molecule has 26 heavy (non-hydrogen) atoms. The summed E-state index contributed by atoms with van der Waals surface area (Å²) in [6.45, 7) is 0. The fourth-order valence-electron chi connectivity index (χ4n) is 0. The Morgan fingerprint density at radius 2 is 0.346 bits per heavy atom. The topological polar surface area (TPSA) is 464 Å². The molecule has 0 aromatic rings. The first kappa shape index (κ1) is 71.7. The van der Waals surface area contributed by atoms with E-state index in [4.69, 9.17) is 75.4 Å². The first-order valence-electron chi connectivity index (χ1n) is 3.85. The van der Waals surface area contributed by atoms with Crippen molar-refractivity contribution in [2.75, 3.05) is 0 Å². The molecule has 26 heteroatoms. The van der Waals surface area contributed by atoms with Gasteiger partial charge in [-0.15, -0.1) is 0 Å². The summed E-state index contributed by atoms with van der Waals surface area (Å²) in [7, 11) is -11.1. The van der Waals surface area contributed by atoms with E-state index in [0.29, 0.717) is 0 Å². The predicted octanol–water partition coefficient (Wildman–Crippen LogP) is -18.0. The average Bonchev–Trinajstić information content (AvgIpc) is 1.94. The zero-order valence-electron chi connectivity index (χ0n) is 13.1. The molecule has 0 saturated heterocycles. The molecule has 0 unspecified atom stereocenters. The Hall–Kier alpha value is 0.525. The van der Waals surface area contributed by atoms with Crippen LogP contribution in [0.2, 0.25) is 0 Å².